The van der Waals surface area contributed by atoms with Crippen LogP contribution in [0.2, 0.25) is 0 Å². The third kappa shape index (κ3) is 1.76. The van der Waals surface area contributed by atoms with Crippen molar-refractivity contribution in [3.8, 4) is 0 Å². The lowest BCUT2D eigenvalue weighted by atomic mass is 10.1. The molecule has 66 valence electrons. The molecule has 0 saturated heterocycles. The van der Waals surface area contributed by atoms with Crippen LogP contribution >= 0.6 is 0 Å². The van der Waals surface area contributed by atoms with Crippen molar-refractivity contribution in [3.05, 3.63) is 30.9 Å². The van der Waals surface area contributed by atoms with Crippen molar-refractivity contribution >= 4 is 0 Å². The van der Waals surface area contributed by atoms with Gasteiger partial charge in [0.05, 0.1) is 0 Å². The molecule has 1 rings (SSSR count). The molecule has 0 radical (unpaired) electrons. The van der Waals surface area contributed by atoms with Gasteiger partial charge in [-0.3, -0.25) is 0 Å². The first-order valence-electron chi connectivity index (χ1n) is 4.41. The maximum atomic E-state index is 4.32. The van der Waals surface area contributed by atoms with E-state index in [4.69, 9.17) is 0 Å². The number of aryl methyl sites for hydroxylation is 1. The van der Waals surface area contributed by atoms with Crippen LogP contribution < -0.4 is 0 Å². The first kappa shape index (κ1) is 9.04. The van der Waals surface area contributed by atoms with Crippen molar-refractivity contribution in [2.45, 2.75) is 32.7 Å². The summed E-state index contributed by atoms with van der Waals surface area (Å²) in [7, 11) is 0. The molecule has 0 amide bonds. The van der Waals surface area contributed by atoms with Gasteiger partial charge in [0.15, 0.2) is 0 Å². The van der Waals surface area contributed by atoms with Crippen molar-refractivity contribution in [3.63, 3.8) is 0 Å². The Hall–Kier alpha value is -1.05. The van der Waals surface area contributed by atoms with Crippen LogP contribution in [0.15, 0.2) is 25.0 Å². The second-order valence-corrected chi connectivity index (χ2v) is 3.00. The lowest BCUT2D eigenvalue weighted by Gasteiger charge is -2.09. The summed E-state index contributed by atoms with van der Waals surface area (Å²) < 4.78 is 2.17. The molecule has 0 aliphatic heterocycles. The maximum absolute atomic E-state index is 4.32. The SMILES string of the molecule is C=CCC(C)c1nccn1CC. The molecular weight excluding hydrogens is 148 g/mol. The average Bonchev–Trinajstić information content (AvgIpc) is 2.51. The molecule has 0 N–H and O–H groups in total. The van der Waals surface area contributed by atoms with Crippen LogP contribution in [0.1, 0.15) is 32.0 Å². The van der Waals surface area contributed by atoms with Crippen LogP contribution in [0.25, 0.3) is 0 Å². The van der Waals surface area contributed by atoms with Gasteiger partial charge in [-0.2, -0.15) is 0 Å². The number of hydrogen-bond acceptors (Lipinski definition) is 1. The zero-order chi connectivity index (χ0) is 8.97. The van der Waals surface area contributed by atoms with E-state index < -0.39 is 0 Å². The van der Waals surface area contributed by atoms with Crippen molar-refractivity contribution in [2.24, 2.45) is 0 Å². The van der Waals surface area contributed by atoms with Gasteiger partial charge in [-0.25, -0.2) is 4.98 Å². The fraction of sp³-hybridized carbons (Fsp3) is 0.500. The molecule has 0 bridgehead atoms. The summed E-state index contributed by atoms with van der Waals surface area (Å²) in [5.41, 5.74) is 0. The standard InChI is InChI=1S/C10H16N2/c1-4-6-9(3)10-11-7-8-12(10)5-2/h4,7-9H,1,5-6H2,2-3H3. The normalized spacial score (nSPS) is 12.8. The summed E-state index contributed by atoms with van der Waals surface area (Å²) in [6.07, 6.45) is 6.82. The number of hydrogen-bond donors (Lipinski definition) is 0. The van der Waals surface area contributed by atoms with Crippen molar-refractivity contribution in [2.75, 3.05) is 0 Å². The molecule has 1 aromatic heterocycles. The summed E-state index contributed by atoms with van der Waals surface area (Å²) in [6, 6.07) is 0. The van der Waals surface area contributed by atoms with Crippen LogP contribution in [0.4, 0.5) is 0 Å². The summed E-state index contributed by atoms with van der Waals surface area (Å²) in [4.78, 5) is 4.32. The minimum absolute atomic E-state index is 0.484. The number of imidazole rings is 1. The molecular formula is C10H16N2. The summed E-state index contributed by atoms with van der Waals surface area (Å²) in [6.45, 7) is 9.03. The van der Waals surface area contributed by atoms with E-state index >= 15 is 0 Å². The van der Waals surface area contributed by atoms with E-state index in [1.807, 2.05) is 18.5 Å². The number of aromatic nitrogens is 2. The van der Waals surface area contributed by atoms with E-state index in [1.54, 1.807) is 0 Å². The fourth-order valence-corrected chi connectivity index (χ4v) is 1.37. The van der Waals surface area contributed by atoms with Crippen molar-refractivity contribution < 1.29 is 0 Å². The molecule has 0 aliphatic rings. The first-order valence-corrected chi connectivity index (χ1v) is 4.41. The molecule has 0 aromatic carbocycles. The Morgan fingerprint density at radius 3 is 3.08 bits per heavy atom. The minimum atomic E-state index is 0.484. The van der Waals surface area contributed by atoms with Gasteiger partial charge in [-0.05, 0) is 13.3 Å². The highest BCUT2D eigenvalue weighted by atomic mass is 15.1. The molecule has 1 heterocycles. The minimum Gasteiger partial charge on any atom is -0.335 e. The lowest BCUT2D eigenvalue weighted by Crippen LogP contribution is -2.04. The zero-order valence-electron chi connectivity index (χ0n) is 7.83. The average molecular weight is 164 g/mol. The molecule has 2 heteroatoms. The third-order valence-electron chi connectivity index (χ3n) is 2.05. The number of rotatable bonds is 4. The highest BCUT2D eigenvalue weighted by molar-refractivity contribution is 5.00. The van der Waals surface area contributed by atoms with Crippen molar-refractivity contribution in [1.29, 1.82) is 0 Å². The van der Waals surface area contributed by atoms with Gasteiger partial charge in [-0.1, -0.05) is 13.0 Å². The van der Waals surface area contributed by atoms with Gasteiger partial charge in [-0.15, -0.1) is 6.58 Å². The molecule has 0 saturated carbocycles. The van der Waals surface area contributed by atoms with E-state index in [1.165, 1.54) is 0 Å². The zero-order valence-corrected chi connectivity index (χ0v) is 7.83. The van der Waals surface area contributed by atoms with E-state index in [-0.39, 0.29) is 0 Å². The molecule has 1 unspecified atom stereocenters. The van der Waals surface area contributed by atoms with E-state index in [2.05, 4.69) is 30.0 Å². The first-order chi connectivity index (χ1) is 5.79. The Kier molecular flexibility index (Phi) is 3.09. The Bertz CT molecular complexity index is 250. The predicted octanol–water partition coefficient (Wildman–Crippen LogP) is 2.58. The van der Waals surface area contributed by atoms with Gasteiger partial charge in [0.1, 0.15) is 5.82 Å². The summed E-state index contributed by atoms with van der Waals surface area (Å²) in [5, 5.41) is 0. The van der Waals surface area contributed by atoms with Crippen molar-refractivity contribution in [1.82, 2.24) is 9.55 Å². The third-order valence-corrected chi connectivity index (χ3v) is 2.05. The molecule has 0 fully saturated rings. The predicted molar refractivity (Wildman–Crippen MR) is 51.1 cm³/mol. The van der Waals surface area contributed by atoms with E-state index in [0.717, 1.165) is 18.8 Å². The van der Waals surface area contributed by atoms with Gasteiger partial charge < -0.3 is 4.57 Å². The Morgan fingerprint density at radius 1 is 1.75 bits per heavy atom. The molecule has 0 spiro atoms. The van der Waals surface area contributed by atoms with Gasteiger partial charge in [0.2, 0.25) is 0 Å². The topological polar surface area (TPSA) is 17.8 Å². The Morgan fingerprint density at radius 2 is 2.50 bits per heavy atom. The number of allylic oxidation sites excluding steroid dienone is 1. The summed E-state index contributed by atoms with van der Waals surface area (Å²) >= 11 is 0. The second kappa shape index (κ2) is 4.10. The van der Waals surface area contributed by atoms with E-state index in [9.17, 15) is 0 Å². The van der Waals surface area contributed by atoms with Crippen LogP contribution in [0.3, 0.4) is 0 Å². The fourth-order valence-electron chi connectivity index (χ4n) is 1.37. The monoisotopic (exact) mass is 164 g/mol. The van der Waals surface area contributed by atoms with E-state index in [0.29, 0.717) is 5.92 Å². The van der Waals surface area contributed by atoms with Crippen LogP contribution in [0, 0.1) is 0 Å². The molecule has 1 aromatic rings. The lowest BCUT2D eigenvalue weighted by molar-refractivity contribution is 0.626. The Balaban J connectivity index is 2.78. The summed E-state index contributed by atoms with van der Waals surface area (Å²) in [5.74, 6) is 1.65. The molecule has 1 atom stereocenters. The maximum Gasteiger partial charge on any atom is 0.111 e. The molecule has 0 aliphatic carbocycles. The van der Waals surface area contributed by atoms with Crippen LogP contribution in [-0.2, 0) is 6.54 Å². The Labute approximate surface area is 73.9 Å². The highest BCUT2D eigenvalue weighted by Crippen LogP contribution is 2.16. The van der Waals surface area contributed by atoms with Gasteiger partial charge in [0, 0.05) is 24.9 Å². The van der Waals surface area contributed by atoms with Gasteiger partial charge >= 0.3 is 0 Å². The second-order valence-electron chi connectivity index (χ2n) is 3.00. The molecule has 12 heavy (non-hydrogen) atoms. The van der Waals surface area contributed by atoms with Crippen LogP contribution in [0.5, 0.6) is 0 Å². The number of nitrogens with zero attached hydrogens (tertiary/aromatic N) is 2. The highest BCUT2D eigenvalue weighted by Gasteiger charge is 2.08. The quantitative estimate of drug-likeness (QED) is 0.625. The van der Waals surface area contributed by atoms with Crippen LogP contribution in [-0.4, -0.2) is 9.55 Å². The largest absolute Gasteiger partial charge is 0.335 e. The molecule has 2 nitrogen and oxygen atoms in total. The van der Waals surface area contributed by atoms with Gasteiger partial charge in [0.25, 0.3) is 0 Å². The smallest absolute Gasteiger partial charge is 0.111 e.